The molecule has 0 aromatic carbocycles. The molecule has 2 N–H and O–H groups in total. The largest absolute Gasteiger partial charge is 0.375 e. The van der Waals surface area contributed by atoms with E-state index in [2.05, 4.69) is 21.8 Å². The Morgan fingerprint density at radius 1 is 1.18 bits per heavy atom. The van der Waals surface area contributed by atoms with E-state index >= 15 is 0 Å². The number of pyridine rings is 1. The van der Waals surface area contributed by atoms with Gasteiger partial charge in [0.05, 0.1) is 11.4 Å². The number of nitrogens with two attached hydrogens (primary N) is 1. The molecule has 1 atom stereocenters. The Balaban J connectivity index is 1.19. The monoisotopic (exact) mass is 466 g/mol. The zero-order chi connectivity index (χ0) is 23.0. The van der Waals surface area contributed by atoms with Crippen molar-refractivity contribution in [3.63, 3.8) is 0 Å². The van der Waals surface area contributed by atoms with Gasteiger partial charge in [-0.3, -0.25) is 9.78 Å². The van der Waals surface area contributed by atoms with Gasteiger partial charge in [0.2, 0.25) is 0 Å². The fourth-order valence-corrected chi connectivity index (χ4v) is 6.48. The predicted octanol–water partition coefficient (Wildman–Crippen LogP) is 5.56. The average molecular weight is 467 g/mol. The third-order valence-electron chi connectivity index (χ3n) is 7.37. The van der Waals surface area contributed by atoms with E-state index in [1.807, 2.05) is 24.3 Å². The molecule has 1 saturated carbocycles. The lowest BCUT2D eigenvalue weighted by Crippen LogP contribution is -2.41. The van der Waals surface area contributed by atoms with Gasteiger partial charge in [0.15, 0.2) is 10.9 Å². The summed E-state index contributed by atoms with van der Waals surface area (Å²) >= 11 is 1.69. The Morgan fingerprint density at radius 2 is 2.00 bits per heavy atom. The van der Waals surface area contributed by atoms with Gasteiger partial charge in [-0.25, -0.2) is 4.98 Å². The first-order chi connectivity index (χ1) is 16.1. The van der Waals surface area contributed by atoms with E-state index in [0.29, 0.717) is 18.4 Å². The molecule has 2 aromatic rings. The van der Waals surface area contributed by atoms with Gasteiger partial charge in [-0.15, -0.1) is 11.3 Å². The fraction of sp³-hybridized carbons (Fsp3) is 0.593. The van der Waals surface area contributed by atoms with Crippen LogP contribution in [0.5, 0.6) is 0 Å². The second-order valence-corrected chi connectivity index (χ2v) is 10.9. The maximum absolute atomic E-state index is 12.4. The molecule has 2 aliphatic rings. The van der Waals surface area contributed by atoms with Crippen LogP contribution < -0.4 is 5.73 Å². The minimum Gasteiger partial charge on any atom is -0.375 e. The maximum Gasteiger partial charge on any atom is 0.180 e. The van der Waals surface area contributed by atoms with Crippen LogP contribution in [0.2, 0.25) is 0 Å². The minimum absolute atomic E-state index is 0.235. The van der Waals surface area contributed by atoms with E-state index in [1.54, 1.807) is 23.6 Å². The smallest absolute Gasteiger partial charge is 0.180 e. The average Bonchev–Trinajstić information content (AvgIpc) is 3.21. The van der Waals surface area contributed by atoms with E-state index in [4.69, 9.17) is 5.73 Å². The molecule has 33 heavy (non-hydrogen) atoms. The lowest BCUT2D eigenvalue weighted by molar-refractivity contribution is -0.115. The summed E-state index contributed by atoms with van der Waals surface area (Å²) in [6.45, 7) is 4.67. The Kier molecular flexibility index (Phi) is 8.68. The lowest BCUT2D eigenvalue weighted by atomic mass is 9.78. The van der Waals surface area contributed by atoms with E-state index in [-0.39, 0.29) is 5.78 Å². The van der Waals surface area contributed by atoms with Crippen LogP contribution in [0.3, 0.4) is 0 Å². The van der Waals surface area contributed by atoms with E-state index < -0.39 is 0 Å². The van der Waals surface area contributed by atoms with Gasteiger partial charge in [0, 0.05) is 23.5 Å². The number of carbonyl (C=O) groups is 1. The minimum atomic E-state index is 0.235. The number of aryl methyl sites for hydroxylation is 1. The first-order valence-electron chi connectivity index (χ1n) is 12.7. The summed E-state index contributed by atoms with van der Waals surface area (Å²) in [4.78, 5) is 25.3. The van der Waals surface area contributed by atoms with Crippen molar-refractivity contribution in [3.8, 4) is 0 Å². The molecule has 0 bridgehead atoms. The highest BCUT2D eigenvalue weighted by molar-refractivity contribution is 7.15. The van der Waals surface area contributed by atoms with Gasteiger partial charge in [-0.1, -0.05) is 25.8 Å². The number of nitrogens with zero attached hydrogens (tertiary/aromatic N) is 3. The molecule has 0 spiro atoms. The molecule has 2 heterocycles. The van der Waals surface area contributed by atoms with Crippen molar-refractivity contribution in [1.29, 1.82) is 0 Å². The number of carbonyl (C=O) groups excluding carboxylic acids is 1. The Labute approximate surface area is 202 Å². The Bertz CT molecular complexity index is 917. The molecule has 0 saturated heterocycles. The van der Waals surface area contributed by atoms with Crippen molar-refractivity contribution >= 4 is 28.3 Å². The van der Waals surface area contributed by atoms with Crippen molar-refractivity contribution in [2.24, 2.45) is 11.8 Å². The number of anilines is 1. The van der Waals surface area contributed by atoms with Gasteiger partial charge >= 0.3 is 0 Å². The van der Waals surface area contributed by atoms with E-state index in [0.717, 1.165) is 29.6 Å². The SMILES string of the molecule is CCCN(CCC1CCC(CC(=O)C=Cc2ccccn2)CC1)C1CCc2nc(N)sc2C1. The molecule has 1 fully saturated rings. The zero-order valence-electron chi connectivity index (χ0n) is 19.9. The Hall–Kier alpha value is -2.05. The summed E-state index contributed by atoms with van der Waals surface area (Å²) in [6, 6.07) is 6.40. The Morgan fingerprint density at radius 3 is 2.76 bits per heavy atom. The molecule has 2 aliphatic carbocycles. The number of hydrogen-bond acceptors (Lipinski definition) is 6. The van der Waals surface area contributed by atoms with Gasteiger partial charge < -0.3 is 10.6 Å². The maximum atomic E-state index is 12.4. The van der Waals surface area contributed by atoms with Crippen LogP contribution in [0, 0.1) is 11.8 Å². The van der Waals surface area contributed by atoms with Gasteiger partial charge in [0.1, 0.15) is 0 Å². The van der Waals surface area contributed by atoms with Crippen LogP contribution >= 0.6 is 11.3 Å². The van der Waals surface area contributed by atoms with Crippen LogP contribution in [-0.4, -0.2) is 39.8 Å². The molecule has 2 aromatic heterocycles. The summed E-state index contributed by atoms with van der Waals surface area (Å²) in [5.41, 5.74) is 8.04. The first-order valence-corrected chi connectivity index (χ1v) is 13.5. The second-order valence-electron chi connectivity index (χ2n) is 9.79. The molecule has 5 nitrogen and oxygen atoms in total. The standard InChI is InChI=1S/C27H38N4OS/c1-2-16-31(23-11-13-25-26(19-23)33-27(28)30-25)17-14-20-6-8-21(9-7-20)18-24(32)12-10-22-5-3-4-15-29-22/h3-5,10,12,15,20-21,23H,2,6-9,11,13-14,16-19H2,1H3,(H2,28,30). The summed E-state index contributed by atoms with van der Waals surface area (Å²) in [5.74, 6) is 1.58. The molecule has 178 valence electrons. The zero-order valence-corrected chi connectivity index (χ0v) is 20.7. The lowest BCUT2D eigenvalue weighted by Gasteiger charge is -2.36. The summed E-state index contributed by atoms with van der Waals surface area (Å²) in [6.07, 6.45) is 16.8. The van der Waals surface area contributed by atoms with Crippen molar-refractivity contribution in [2.45, 2.75) is 77.2 Å². The van der Waals surface area contributed by atoms with Crippen molar-refractivity contribution in [1.82, 2.24) is 14.9 Å². The number of hydrogen-bond donors (Lipinski definition) is 1. The van der Waals surface area contributed by atoms with Crippen LogP contribution in [0.4, 0.5) is 5.13 Å². The van der Waals surface area contributed by atoms with Crippen LogP contribution in [0.15, 0.2) is 30.5 Å². The number of ketones is 1. The molecule has 0 aliphatic heterocycles. The number of rotatable bonds is 10. The quantitative estimate of drug-likeness (QED) is 0.464. The number of nitrogen functional groups attached to an aromatic ring is 1. The van der Waals surface area contributed by atoms with Crippen molar-refractivity contribution < 1.29 is 4.79 Å². The highest BCUT2D eigenvalue weighted by Crippen LogP contribution is 2.34. The predicted molar refractivity (Wildman–Crippen MR) is 137 cm³/mol. The molecular weight excluding hydrogens is 428 g/mol. The highest BCUT2D eigenvalue weighted by atomic mass is 32.1. The molecular formula is C27H38N4OS. The molecule has 6 heteroatoms. The van der Waals surface area contributed by atoms with Crippen LogP contribution in [0.1, 0.15) is 74.6 Å². The summed E-state index contributed by atoms with van der Waals surface area (Å²) in [5, 5.41) is 0.727. The normalized spacial score (nSPS) is 23.2. The number of fused-ring (bicyclic) bond motifs is 1. The van der Waals surface area contributed by atoms with Gasteiger partial charge in [-0.05, 0) is 94.2 Å². The topological polar surface area (TPSA) is 72.1 Å². The molecule has 4 rings (SSSR count). The molecule has 0 amide bonds. The van der Waals surface area contributed by atoms with Crippen molar-refractivity contribution in [3.05, 3.63) is 46.7 Å². The van der Waals surface area contributed by atoms with Crippen molar-refractivity contribution in [2.75, 3.05) is 18.8 Å². The number of allylic oxidation sites excluding steroid dienone is 1. The highest BCUT2D eigenvalue weighted by Gasteiger charge is 2.28. The van der Waals surface area contributed by atoms with Gasteiger partial charge in [-0.2, -0.15) is 0 Å². The van der Waals surface area contributed by atoms with Crippen LogP contribution in [0.25, 0.3) is 6.08 Å². The third-order valence-corrected chi connectivity index (χ3v) is 8.32. The molecule has 0 radical (unpaired) electrons. The summed E-state index contributed by atoms with van der Waals surface area (Å²) in [7, 11) is 0. The third kappa shape index (κ3) is 6.97. The number of thiazole rings is 1. The van der Waals surface area contributed by atoms with Gasteiger partial charge in [0.25, 0.3) is 0 Å². The molecule has 1 unspecified atom stereocenters. The fourth-order valence-electron chi connectivity index (χ4n) is 5.53. The van der Waals surface area contributed by atoms with Crippen LogP contribution in [-0.2, 0) is 17.6 Å². The van der Waals surface area contributed by atoms with E-state index in [1.165, 1.54) is 68.6 Å². The first kappa shape index (κ1) is 24.1. The second kappa shape index (κ2) is 11.9. The summed E-state index contributed by atoms with van der Waals surface area (Å²) < 4.78 is 0. The van der Waals surface area contributed by atoms with E-state index in [9.17, 15) is 4.79 Å². The number of aromatic nitrogens is 2.